The fraction of sp³-hybridized carbons (Fsp3) is 0.732. The van der Waals surface area contributed by atoms with Crippen molar-refractivity contribution in [3.63, 3.8) is 0 Å². The number of benzene rings is 1. The number of fused-ring (bicyclic) bond motifs is 7. The number of hydrogen-bond acceptors (Lipinski definition) is 4. The number of rotatable bonds is 8. The van der Waals surface area contributed by atoms with E-state index in [-0.39, 0.29) is 45.8 Å². The zero-order valence-corrected chi connectivity index (χ0v) is 29.1. The van der Waals surface area contributed by atoms with E-state index in [1.54, 1.807) is 0 Å². The minimum absolute atomic E-state index is 0.00448. The number of aliphatic hydroxyl groups is 1. The van der Waals surface area contributed by atoms with Crippen LogP contribution in [-0.4, -0.2) is 37.0 Å². The molecular formula is C41H60O4. The first-order valence-electron chi connectivity index (χ1n) is 18.1. The fourth-order valence-corrected chi connectivity index (χ4v) is 12.7. The molecule has 0 heterocycles. The number of aliphatic hydroxyl groups excluding tert-OH is 1. The lowest BCUT2D eigenvalue weighted by Gasteiger charge is -2.73. The summed E-state index contributed by atoms with van der Waals surface area (Å²) >= 11 is 0. The Labute approximate surface area is 273 Å². The minimum Gasteiger partial charge on any atom is -0.463 e. The summed E-state index contributed by atoms with van der Waals surface area (Å²) in [7, 11) is 0. The Kier molecular flexibility index (Phi) is 8.77. The van der Waals surface area contributed by atoms with Gasteiger partial charge in [0.1, 0.15) is 6.61 Å². The lowest BCUT2D eigenvalue weighted by atomic mass is 9.32. The molecule has 5 fully saturated rings. The molecule has 5 aliphatic carbocycles. The van der Waals surface area contributed by atoms with E-state index in [9.17, 15) is 9.90 Å². The average molecular weight is 617 g/mol. The maximum atomic E-state index is 12.9. The molecule has 0 bridgehead atoms. The lowest BCUT2D eigenvalue weighted by molar-refractivity contribution is -0.250. The van der Waals surface area contributed by atoms with Crippen LogP contribution in [0.1, 0.15) is 111 Å². The van der Waals surface area contributed by atoms with Crippen LogP contribution in [0, 0.1) is 56.7 Å². The first-order chi connectivity index (χ1) is 21.3. The normalized spacial score (nSPS) is 43.5. The summed E-state index contributed by atoms with van der Waals surface area (Å²) in [6.45, 7) is 20.3. The summed E-state index contributed by atoms with van der Waals surface area (Å²) < 4.78 is 11.8. The summed E-state index contributed by atoms with van der Waals surface area (Å²) in [5.74, 6) is 2.68. The van der Waals surface area contributed by atoms with Crippen molar-refractivity contribution in [2.75, 3.05) is 19.8 Å². The van der Waals surface area contributed by atoms with Gasteiger partial charge < -0.3 is 14.6 Å². The Morgan fingerprint density at radius 2 is 1.67 bits per heavy atom. The van der Waals surface area contributed by atoms with Crippen molar-refractivity contribution in [2.24, 2.45) is 56.7 Å². The molecule has 45 heavy (non-hydrogen) atoms. The molecule has 0 radical (unpaired) electrons. The monoisotopic (exact) mass is 616 g/mol. The van der Waals surface area contributed by atoms with Crippen LogP contribution in [0.25, 0.3) is 6.08 Å². The van der Waals surface area contributed by atoms with Crippen LogP contribution in [0.3, 0.4) is 0 Å². The third kappa shape index (κ3) is 5.29. The van der Waals surface area contributed by atoms with Crippen molar-refractivity contribution < 1.29 is 19.4 Å². The van der Waals surface area contributed by atoms with Gasteiger partial charge in [0.15, 0.2) is 0 Å². The standard InChI is InChI=1S/C41H60O4/c1-28(2)30-17-22-41(27-45-35(43)26-44-25-11-14-29-12-9-8-10-13-29)24-23-39(6)31(36(30)41)15-16-33-38(5)20-19-34(42)37(3,4)32(38)18-21-40(33,39)7/h8-14,30-34,36,42H,1,15-27H2,2-7H3/b14-11+/t30-,31?,32?,33?,34-,36?,38-,39+,40+,41+/m0/s1. The van der Waals surface area contributed by atoms with E-state index >= 15 is 0 Å². The molecule has 0 spiro atoms. The van der Waals surface area contributed by atoms with E-state index in [4.69, 9.17) is 9.47 Å². The molecule has 0 aromatic heterocycles. The Morgan fingerprint density at radius 3 is 2.40 bits per heavy atom. The van der Waals surface area contributed by atoms with Gasteiger partial charge >= 0.3 is 5.97 Å². The summed E-state index contributed by atoms with van der Waals surface area (Å²) in [5.41, 5.74) is 3.29. The SMILES string of the molecule is C=C(C)[C@@H]1CC[C@]2(COC(=O)COC/C=C/c3ccccc3)CC[C@]3(C)C(CCC4[C@@]5(C)CC[C@H](O)C(C)(C)C5CC[C@]43C)C12. The summed E-state index contributed by atoms with van der Waals surface area (Å²) in [5, 5.41) is 11.1. The topological polar surface area (TPSA) is 55.8 Å². The fourth-order valence-electron chi connectivity index (χ4n) is 12.7. The molecule has 1 N–H and O–H groups in total. The summed E-state index contributed by atoms with van der Waals surface area (Å²) in [6.07, 6.45) is 15.6. The molecule has 0 aliphatic heterocycles. The van der Waals surface area contributed by atoms with E-state index in [2.05, 4.69) is 60.3 Å². The molecule has 4 nitrogen and oxygen atoms in total. The van der Waals surface area contributed by atoms with Crippen LogP contribution in [0.4, 0.5) is 0 Å². The Morgan fingerprint density at radius 1 is 0.911 bits per heavy atom. The third-order valence-electron chi connectivity index (χ3n) is 15.3. The van der Waals surface area contributed by atoms with Crippen LogP contribution in [-0.2, 0) is 14.3 Å². The number of allylic oxidation sites excluding steroid dienone is 1. The Hall–Kier alpha value is -1.91. The van der Waals surface area contributed by atoms with Crippen LogP contribution in [0.15, 0.2) is 48.6 Å². The van der Waals surface area contributed by atoms with E-state index in [1.807, 2.05) is 30.4 Å². The molecule has 1 aromatic rings. The first-order valence-corrected chi connectivity index (χ1v) is 18.1. The Bertz CT molecular complexity index is 1280. The zero-order chi connectivity index (χ0) is 32.3. The summed E-state index contributed by atoms with van der Waals surface area (Å²) in [6, 6.07) is 10.1. The smallest absolute Gasteiger partial charge is 0.332 e. The van der Waals surface area contributed by atoms with Gasteiger partial charge in [0, 0.05) is 5.41 Å². The highest BCUT2D eigenvalue weighted by molar-refractivity contribution is 5.70. The van der Waals surface area contributed by atoms with Gasteiger partial charge in [-0.25, -0.2) is 4.79 Å². The van der Waals surface area contributed by atoms with Gasteiger partial charge in [0.05, 0.1) is 19.3 Å². The molecule has 10 atom stereocenters. The molecule has 0 saturated heterocycles. The van der Waals surface area contributed by atoms with Crippen molar-refractivity contribution >= 4 is 12.0 Å². The molecule has 4 unspecified atom stereocenters. The van der Waals surface area contributed by atoms with Gasteiger partial charge in [0.25, 0.3) is 0 Å². The highest BCUT2D eigenvalue weighted by Crippen LogP contribution is 2.77. The van der Waals surface area contributed by atoms with Gasteiger partial charge in [0.2, 0.25) is 0 Å². The van der Waals surface area contributed by atoms with E-state index in [1.165, 1.54) is 37.7 Å². The average Bonchev–Trinajstić information content (AvgIpc) is 3.39. The van der Waals surface area contributed by atoms with Crippen molar-refractivity contribution in [1.82, 2.24) is 0 Å². The third-order valence-corrected chi connectivity index (χ3v) is 15.3. The molecule has 4 heteroatoms. The van der Waals surface area contributed by atoms with Gasteiger partial charge in [-0.1, -0.05) is 89.3 Å². The second kappa shape index (κ2) is 12.0. The van der Waals surface area contributed by atoms with E-state index in [0.717, 1.165) is 37.7 Å². The molecule has 248 valence electrons. The predicted molar refractivity (Wildman–Crippen MR) is 182 cm³/mol. The van der Waals surface area contributed by atoms with Crippen molar-refractivity contribution in [1.29, 1.82) is 0 Å². The van der Waals surface area contributed by atoms with Crippen LogP contribution in [0.5, 0.6) is 0 Å². The highest BCUT2D eigenvalue weighted by atomic mass is 16.6. The number of ether oxygens (including phenoxy) is 2. The lowest BCUT2D eigenvalue weighted by Crippen LogP contribution is -2.66. The maximum absolute atomic E-state index is 12.9. The van der Waals surface area contributed by atoms with Crippen LogP contribution >= 0.6 is 0 Å². The highest BCUT2D eigenvalue weighted by Gasteiger charge is 2.71. The number of carbonyl (C=O) groups is 1. The van der Waals surface area contributed by atoms with Gasteiger partial charge in [-0.3, -0.25) is 0 Å². The molecule has 6 rings (SSSR count). The van der Waals surface area contributed by atoms with Gasteiger partial charge in [-0.05, 0) is 128 Å². The molecule has 1 aromatic carbocycles. The maximum Gasteiger partial charge on any atom is 0.332 e. The van der Waals surface area contributed by atoms with Gasteiger partial charge in [-0.15, -0.1) is 0 Å². The second-order valence-electron chi connectivity index (χ2n) is 17.4. The van der Waals surface area contributed by atoms with Crippen molar-refractivity contribution in [3.05, 3.63) is 54.1 Å². The quantitative estimate of drug-likeness (QED) is 0.180. The number of esters is 1. The molecule has 0 amide bonds. The van der Waals surface area contributed by atoms with Crippen LogP contribution in [0.2, 0.25) is 0 Å². The minimum atomic E-state index is -0.243. The zero-order valence-electron chi connectivity index (χ0n) is 29.1. The van der Waals surface area contributed by atoms with Crippen LogP contribution < -0.4 is 0 Å². The van der Waals surface area contributed by atoms with E-state index in [0.29, 0.717) is 42.8 Å². The molecule has 5 saturated carbocycles. The number of carbonyl (C=O) groups excluding carboxylic acids is 1. The number of hydrogen-bond donors (Lipinski definition) is 1. The van der Waals surface area contributed by atoms with Crippen molar-refractivity contribution in [2.45, 2.75) is 112 Å². The van der Waals surface area contributed by atoms with Gasteiger partial charge in [-0.2, -0.15) is 0 Å². The predicted octanol–water partition coefficient (Wildman–Crippen LogP) is 9.28. The van der Waals surface area contributed by atoms with E-state index < -0.39 is 0 Å². The molecule has 5 aliphatic rings. The largest absolute Gasteiger partial charge is 0.463 e. The Balaban J connectivity index is 1.17. The summed E-state index contributed by atoms with van der Waals surface area (Å²) in [4.78, 5) is 12.9. The first kappa shape index (κ1) is 33.0. The second-order valence-corrected chi connectivity index (χ2v) is 17.4. The van der Waals surface area contributed by atoms with Crippen molar-refractivity contribution in [3.8, 4) is 0 Å². The molecular weight excluding hydrogens is 556 g/mol.